The van der Waals surface area contributed by atoms with E-state index in [-0.39, 0.29) is 0 Å². The van der Waals surface area contributed by atoms with Crippen LogP contribution in [0.3, 0.4) is 0 Å². The zero-order valence-electron chi connectivity index (χ0n) is 12.5. The molecule has 6 nitrogen and oxygen atoms in total. The van der Waals surface area contributed by atoms with Gasteiger partial charge in [-0.25, -0.2) is 0 Å². The summed E-state index contributed by atoms with van der Waals surface area (Å²) in [6, 6.07) is 19.7. The van der Waals surface area contributed by atoms with Gasteiger partial charge in [-0.2, -0.15) is 24.9 Å². The van der Waals surface area contributed by atoms with E-state index in [4.69, 9.17) is 0 Å². The van der Waals surface area contributed by atoms with Crippen molar-refractivity contribution in [1.29, 1.82) is 0 Å². The highest BCUT2D eigenvalue weighted by molar-refractivity contribution is 5.75. The fraction of sp³-hybridized carbons (Fsp3) is 0.0588. The third-order valence-electron chi connectivity index (χ3n) is 3.48. The molecule has 0 aliphatic heterocycles. The zero-order valence-corrected chi connectivity index (χ0v) is 12.5. The van der Waals surface area contributed by atoms with Crippen LogP contribution < -0.4 is 0 Å². The number of aromatic nitrogens is 6. The average molecular weight is 302 g/mol. The van der Waals surface area contributed by atoms with Gasteiger partial charge in [-0.05, 0) is 12.1 Å². The van der Waals surface area contributed by atoms with Gasteiger partial charge in [-0.15, -0.1) is 5.10 Å². The van der Waals surface area contributed by atoms with E-state index in [1.807, 2.05) is 60.7 Å². The molecule has 112 valence electrons. The van der Waals surface area contributed by atoms with E-state index in [1.165, 1.54) is 0 Å². The molecular formula is C17H14N6. The van der Waals surface area contributed by atoms with Gasteiger partial charge >= 0.3 is 0 Å². The number of rotatable bonds is 3. The Kier molecular flexibility index (Phi) is 3.20. The second-order valence-corrected chi connectivity index (χ2v) is 5.11. The van der Waals surface area contributed by atoms with Gasteiger partial charge in [0.15, 0.2) is 0 Å². The van der Waals surface area contributed by atoms with Crippen LogP contribution in [0.4, 0.5) is 0 Å². The molecule has 0 bridgehead atoms. The molecular weight excluding hydrogens is 288 g/mol. The fourth-order valence-corrected chi connectivity index (χ4v) is 2.43. The normalized spacial score (nSPS) is 10.8. The number of hydrogen-bond acceptors (Lipinski definition) is 4. The van der Waals surface area contributed by atoms with E-state index in [0.29, 0.717) is 5.69 Å². The summed E-state index contributed by atoms with van der Waals surface area (Å²) in [5.41, 5.74) is 4.13. The van der Waals surface area contributed by atoms with Crippen LogP contribution in [0, 0.1) is 0 Å². The Morgan fingerprint density at radius 1 is 0.739 bits per heavy atom. The standard InChI is InChI=1S/C17H14N6/c1-22-20-16(13-8-4-2-5-9-13)17(21-22)15-12-18-23(19-15)14-10-6-3-7-11-14/h2-12H,1H3. The highest BCUT2D eigenvalue weighted by Crippen LogP contribution is 2.27. The maximum Gasteiger partial charge on any atom is 0.142 e. The Bertz CT molecular complexity index is 924. The van der Waals surface area contributed by atoms with E-state index in [9.17, 15) is 0 Å². The molecule has 6 heteroatoms. The molecule has 0 aliphatic carbocycles. The summed E-state index contributed by atoms with van der Waals surface area (Å²) in [5, 5.41) is 17.8. The van der Waals surface area contributed by atoms with Crippen molar-refractivity contribution >= 4 is 0 Å². The number of nitrogens with zero attached hydrogens (tertiary/aromatic N) is 6. The van der Waals surface area contributed by atoms with Gasteiger partial charge in [0, 0.05) is 12.6 Å². The van der Waals surface area contributed by atoms with Crippen LogP contribution in [0.15, 0.2) is 66.9 Å². The summed E-state index contributed by atoms with van der Waals surface area (Å²) < 4.78 is 0. The molecule has 0 aliphatic rings. The summed E-state index contributed by atoms with van der Waals surface area (Å²) >= 11 is 0. The number of para-hydroxylation sites is 1. The van der Waals surface area contributed by atoms with Gasteiger partial charge in [0.25, 0.3) is 0 Å². The quantitative estimate of drug-likeness (QED) is 0.584. The molecule has 0 spiro atoms. The molecule has 0 saturated heterocycles. The number of aryl methyl sites for hydroxylation is 1. The third-order valence-corrected chi connectivity index (χ3v) is 3.48. The lowest BCUT2D eigenvalue weighted by Gasteiger charge is -1.98. The van der Waals surface area contributed by atoms with Crippen LogP contribution >= 0.6 is 0 Å². The van der Waals surface area contributed by atoms with Gasteiger partial charge < -0.3 is 0 Å². The first kappa shape index (κ1) is 13.4. The van der Waals surface area contributed by atoms with Crippen LogP contribution in [-0.2, 0) is 7.05 Å². The Hall–Kier alpha value is -3.28. The Morgan fingerprint density at radius 3 is 2.13 bits per heavy atom. The van der Waals surface area contributed by atoms with Crippen LogP contribution in [0.2, 0.25) is 0 Å². The monoisotopic (exact) mass is 302 g/mol. The van der Waals surface area contributed by atoms with Crippen LogP contribution in [0.5, 0.6) is 0 Å². The van der Waals surface area contributed by atoms with Crippen molar-refractivity contribution in [1.82, 2.24) is 30.0 Å². The third kappa shape index (κ3) is 2.50. The number of benzene rings is 2. The maximum atomic E-state index is 4.54. The minimum absolute atomic E-state index is 0.695. The first-order valence-corrected chi connectivity index (χ1v) is 7.26. The minimum atomic E-state index is 0.695. The van der Waals surface area contributed by atoms with Gasteiger partial charge in [0.1, 0.15) is 17.1 Å². The highest BCUT2D eigenvalue weighted by Gasteiger charge is 2.17. The smallest absolute Gasteiger partial charge is 0.142 e. The topological polar surface area (TPSA) is 61.4 Å². The summed E-state index contributed by atoms with van der Waals surface area (Å²) in [6.45, 7) is 0. The summed E-state index contributed by atoms with van der Waals surface area (Å²) in [4.78, 5) is 3.15. The van der Waals surface area contributed by atoms with E-state index in [2.05, 4.69) is 20.4 Å². The molecule has 4 aromatic rings. The molecule has 0 unspecified atom stereocenters. The van der Waals surface area contributed by atoms with Crippen molar-refractivity contribution in [2.45, 2.75) is 0 Å². The summed E-state index contributed by atoms with van der Waals surface area (Å²) in [5.74, 6) is 0. The molecule has 4 rings (SSSR count). The van der Waals surface area contributed by atoms with Crippen molar-refractivity contribution in [3.63, 3.8) is 0 Å². The lowest BCUT2D eigenvalue weighted by molar-refractivity contribution is 0.656. The van der Waals surface area contributed by atoms with Gasteiger partial charge in [-0.1, -0.05) is 48.5 Å². The number of hydrogen-bond donors (Lipinski definition) is 0. The molecule has 2 aromatic heterocycles. The van der Waals surface area contributed by atoms with E-state index in [0.717, 1.165) is 22.6 Å². The SMILES string of the molecule is Cn1nc(-c2ccccc2)c(-c2cnn(-c3ccccc3)n2)n1. The van der Waals surface area contributed by atoms with Gasteiger partial charge in [0.05, 0.1) is 11.9 Å². The molecule has 0 fully saturated rings. The molecule has 0 saturated carbocycles. The van der Waals surface area contributed by atoms with Crippen molar-refractivity contribution < 1.29 is 0 Å². The van der Waals surface area contributed by atoms with E-state index < -0.39 is 0 Å². The molecule has 2 heterocycles. The van der Waals surface area contributed by atoms with Crippen LogP contribution in [0.1, 0.15) is 0 Å². The minimum Gasteiger partial charge on any atom is -0.187 e. The van der Waals surface area contributed by atoms with E-state index in [1.54, 1.807) is 22.8 Å². The Labute approximate surface area is 133 Å². The molecule has 23 heavy (non-hydrogen) atoms. The lowest BCUT2D eigenvalue weighted by Crippen LogP contribution is -1.98. The average Bonchev–Trinajstić information content (AvgIpc) is 3.23. The predicted molar refractivity (Wildman–Crippen MR) is 86.8 cm³/mol. The molecule has 0 atom stereocenters. The van der Waals surface area contributed by atoms with Crippen molar-refractivity contribution in [3.8, 4) is 28.3 Å². The van der Waals surface area contributed by atoms with Crippen molar-refractivity contribution in [2.24, 2.45) is 7.05 Å². The molecule has 0 radical (unpaired) electrons. The predicted octanol–water partition coefficient (Wildman–Crippen LogP) is 2.73. The molecule has 2 aromatic carbocycles. The van der Waals surface area contributed by atoms with Crippen molar-refractivity contribution in [3.05, 3.63) is 66.9 Å². The molecule has 0 amide bonds. The van der Waals surface area contributed by atoms with Crippen molar-refractivity contribution in [2.75, 3.05) is 0 Å². The largest absolute Gasteiger partial charge is 0.187 e. The Balaban J connectivity index is 1.79. The van der Waals surface area contributed by atoms with Crippen LogP contribution in [-0.4, -0.2) is 30.0 Å². The van der Waals surface area contributed by atoms with Crippen LogP contribution in [0.25, 0.3) is 28.3 Å². The Morgan fingerprint density at radius 2 is 1.39 bits per heavy atom. The molecule has 0 N–H and O–H groups in total. The second kappa shape index (κ2) is 5.49. The highest BCUT2D eigenvalue weighted by atomic mass is 15.5. The van der Waals surface area contributed by atoms with E-state index >= 15 is 0 Å². The second-order valence-electron chi connectivity index (χ2n) is 5.11. The zero-order chi connectivity index (χ0) is 15.6. The summed E-state index contributed by atoms with van der Waals surface area (Å²) in [6.07, 6.45) is 1.71. The lowest BCUT2D eigenvalue weighted by atomic mass is 10.1. The fourth-order valence-electron chi connectivity index (χ4n) is 2.43. The van der Waals surface area contributed by atoms with Gasteiger partial charge in [0.2, 0.25) is 0 Å². The summed E-state index contributed by atoms with van der Waals surface area (Å²) in [7, 11) is 1.80. The maximum absolute atomic E-state index is 4.54. The first-order valence-electron chi connectivity index (χ1n) is 7.26. The van der Waals surface area contributed by atoms with Gasteiger partial charge in [-0.3, -0.25) is 0 Å². The first-order chi connectivity index (χ1) is 11.3.